The molecule has 0 bridgehead atoms. The first-order chi connectivity index (χ1) is 5.21. The second-order valence-electron chi connectivity index (χ2n) is 3.90. The van der Waals surface area contributed by atoms with Gasteiger partial charge in [0.25, 0.3) is 0 Å². The fraction of sp³-hybridized carbons (Fsp3) is 0.700. The molecule has 0 amide bonds. The Balaban J connectivity index is 2.19. The summed E-state index contributed by atoms with van der Waals surface area (Å²) >= 11 is 0. The zero-order valence-corrected chi connectivity index (χ0v) is 7.13. The molecule has 2 fully saturated rings. The molecule has 0 N–H and O–H groups in total. The van der Waals surface area contributed by atoms with Crippen molar-refractivity contribution < 1.29 is 4.79 Å². The van der Waals surface area contributed by atoms with Crippen LogP contribution in [0.2, 0.25) is 0 Å². The molecular weight excluding hydrogens is 136 g/mol. The van der Waals surface area contributed by atoms with Crippen LogP contribution in [-0.2, 0) is 4.79 Å². The van der Waals surface area contributed by atoms with Crippen molar-refractivity contribution in [2.45, 2.75) is 26.7 Å². The topological polar surface area (TPSA) is 17.1 Å². The lowest BCUT2D eigenvalue weighted by molar-refractivity contribution is -0.122. The summed E-state index contributed by atoms with van der Waals surface area (Å²) in [5.74, 6) is 1.76. The van der Waals surface area contributed by atoms with Gasteiger partial charge in [-0.05, 0) is 25.2 Å². The van der Waals surface area contributed by atoms with Crippen molar-refractivity contribution >= 4 is 5.78 Å². The zero-order valence-electron chi connectivity index (χ0n) is 7.13. The van der Waals surface area contributed by atoms with Gasteiger partial charge in [0.05, 0.1) is 0 Å². The number of carbonyl (C=O) groups excluding carboxylic acids is 1. The maximum Gasteiger partial charge on any atom is 0.139 e. The number of Topliss-reactive ketones (excluding diaryl/α,β-unsaturated/α-hetero) is 1. The van der Waals surface area contributed by atoms with E-state index in [1.165, 1.54) is 0 Å². The number of fused-ring (bicyclic) bond motifs is 1. The van der Waals surface area contributed by atoms with Crippen molar-refractivity contribution in [2.24, 2.45) is 17.3 Å². The second-order valence-corrected chi connectivity index (χ2v) is 3.90. The fourth-order valence-corrected chi connectivity index (χ4v) is 2.61. The Bertz CT molecular complexity index is 229. The molecule has 3 atom stereocenters. The van der Waals surface area contributed by atoms with Gasteiger partial charge in [0.1, 0.15) is 5.78 Å². The molecule has 1 heteroatoms. The van der Waals surface area contributed by atoms with Crippen molar-refractivity contribution in [2.75, 3.05) is 0 Å². The lowest BCUT2D eigenvalue weighted by Crippen LogP contribution is -2.09. The van der Waals surface area contributed by atoms with Crippen LogP contribution in [0.25, 0.3) is 0 Å². The van der Waals surface area contributed by atoms with Crippen molar-refractivity contribution in [1.29, 1.82) is 0 Å². The van der Waals surface area contributed by atoms with Gasteiger partial charge in [0.2, 0.25) is 0 Å². The zero-order chi connectivity index (χ0) is 8.06. The van der Waals surface area contributed by atoms with E-state index in [2.05, 4.69) is 19.1 Å². The maximum absolute atomic E-state index is 11.4. The van der Waals surface area contributed by atoms with Crippen LogP contribution in [0, 0.1) is 17.3 Å². The normalized spacial score (nSPS) is 48.4. The highest BCUT2D eigenvalue weighted by Crippen LogP contribution is 2.66. The monoisotopic (exact) mass is 150 g/mol. The minimum Gasteiger partial charge on any atom is -0.299 e. The number of allylic oxidation sites excluding steroid dienone is 2. The Morgan fingerprint density at radius 3 is 2.82 bits per heavy atom. The SMILES string of the molecule is C/C=C/C1C2CCC(=O)C12C. The van der Waals surface area contributed by atoms with Gasteiger partial charge in [-0.2, -0.15) is 0 Å². The molecule has 0 radical (unpaired) electrons. The molecule has 60 valence electrons. The molecular formula is C10H14O. The van der Waals surface area contributed by atoms with Crippen LogP contribution in [0.4, 0.5) is 0 Å². The summed E-state index contributed by atoms with van der Waals surface area (Å²) in [4.78, 5) is 11.4. The molecule has 2 aliphatic rings. The number of ketones is 1. The van der Waals surface area contributed by atoms with Crippen LogP contribution in [0.15, 0.2) is 12.2 Å². The highest BCUT2D eigenvalue weighted by atomic mass is 16.1. The summed E-state index contributed by atoms with van der Waals surface area (Å²) in [6.07, 6.45) is 6.23. The summed E-state index contributed by atoms with van der Waals surface area (Å²) in [6.45, 7) is 4.15. The van der Waals surface area contributed by atoms with Gasteiger partial charge in [-0.1, -0.05) is 19.1 Å². The van der Waals surface area contributed by atoms with E-state index < -0.39 is 0 Å². The fourth-order valence-electron chi connectivity index (χ4n) is 2.61. The van der Waals surface area contributed by atoms with Gasteiger partial charge in [-0.15, -0.1) is 0 Å². The van der Waals surface area contributed by atoms with Gasteiger partial charge < -0.3 is 0 Å². The van der Waals surface area contributed by atoms with E-state index in [-0.39, 0.29) is 5.41 Å². The maximum atomic E-state index is 11.4. The Hall–Kier alpha value is -0.590. The average molecular weight is 150 g/mol. The second kappa shape index (κ2) is 1.96. The molecule has 0 heterocycles. The molecule has 0 aromatic carbocycles. The van der Waals surface area contributed by atoms with E-state index in [9.17, 15) is 4.79 Å². The Kier molecular flexibility index (Phi) is 1.26. The first kappa shape index (κ1) is 7.08. The smallest absolute Gasteiger partial charge is 0.139 e. The summed E-state index contributed by atoms with van der Waals surface area (Å²) in [5, 5.41) is 0. The summed E-state index contributed by atoms with van der Waals surface area (Å²) in [7, 11) is 0. The van der Waals surface area contributed by atoms with Gasteiger partial charge in [-0.3, -0.25) is 4.79 Å². The number of hydrogen-bond acceptors (Lipinski definition) is 1. The van der Waals surface area contributed by atoms with Crippen LogP contribution in [0.3, 0.4) is 0 Å². The quantitative estimate of drug-likeness (QED) is 0.523. The molecule has 0 aromatic rings. The minimum atomic E-state index is 0.0620. The van der Waals surface area contributed by atoms with Crippen LogP contribution in [0.1, 0.15) is 26.7 Å². The lowest BCUT2D eigenvalue weighted by Gasteiger charge is -2.02. The standard InChI is InChI=1S/C10H14O/c1-3-4-7-8-5-6-9(11)10(7,8)2/h3-4,7-8H,5-6H2,1-2H3/b4-3+. The number of hydrogen-bond donors (Lipinski definition) is 0. The Morgan fingerprint density at radius 1 is 1.64 bits per heavy atom. The molecule has 0 aliphatic heterocycles. The highest BCUT2D eigenvalue weighted by molar-refractivity contribution is 5.91. The van der Waals surface area contributed by atoms with Crippen LogP contribution in [0.5, 0.6) is 0 Å². The lowest BCUT2D eigenvalue weighted by atomic mass is 10.0. The Morgan fingerprint density at radius 2 is 2.36 bits per heavy atom. The van der Waals surface area contributed by atoms with Crippen molar-refractivity contribution in [3.63, 3.8) is 0 Å². The van der Waals surface area contributed by atoms with Crippen molar-refractivity contribution in [1.82, 2.24) is 0 Å². The van der Waals surface area contributed by atoms with Gasteiger partial charge in [-0.25, -0.2) is 0 Å². The van der Waals surface area contributed by atoms with E-state index in [4.69, 9.17) is 0 Å². The molecule has 2 aliphatic carbocycles. The third-order valence-electron chi connectivity index (χ3n) is 3.47. The molecule has 2 rings (SSSR count). The highest BCUT2D eigenvalue weighted by Gasteiger charge is 2.66. The van der Waals surface area contributed by atoms with Crippen LogP contribution in [-0.4, -0.2) is 5.78 Å². The summed E-state index contributed by atoms with van der Waals surface area (Å²) < 4.78 is 0. The third-order valence-corrected chi connectivity index (χ3v) is 3.47. The predicted octanol–water partition coefficient (Wildman–Crippen LogP) is 2.18. The number of rotatable bonds is 1. The van der Waals surface area contributed by atoms with Gasteiger partial charge in [0, 0.05) is 11.8 Å². The first-order valence-corrected chi connectivity index (χ1v) is 4.37. The summed E-state index contributed by atoms with van der Waals surface area (Å²) in [5.41, 5.74) is 0.0620. The van der Waals surface area contributed by atoms with Crippen molar-refractivity contribution in [3.8, 4) is 0 Å². The van der Waals surface area contributed by atoms with E-state index in [0.717, 1.165) is 12.8 Å². The minimum absolute atomic E-state index is 0.0620. The van der Waals surface area contributed by atoms with Gasteiger partial charge >= 0.3 is 0 Å². The molecule has 0 saturated heterocycles. The Labute approximate surface area is 67.5 Å². The summed E-state index contributed by atoms with van der Waals surface area (Å²) in [6, 6.07) is 0. The molecule has 0 spiro atoms. The third kappa shape index (κ3) is 0.688. The predicted molar refractivity (Wildman–Crippen MR) is 44.1 cm³/mol. The van der Waals surface area contributed by atoms with E-state index in [1.54, 1.807) is 0 Å². The average Bonchev–Trinajstić information content (AvgIpc) is 2.42. The first-order valence-electron chi connectivity index (χ1n) is 4.37. The van der Waals surface area contributed by atoms with Crippen LogP contribution >= 0.6 is 0 Å². The van der Waals surface area contributed by atoms with Gasteiger partial charge in [0.15, 0.2) is 0 Å². The molecule has 3 unspecified atom stereocenters. The van der Waals surface area contributed by atoms with Crippen molar-refractivity contribution in [3.05, 3.63) is 12.2 Å². The number of carbonyl (C=O) groups is 1. The molecule has 11 heavy (non-hydrogen) atoms. The van der Waals surface area contributed by atoms with Crippen LogP contribution < -0.4 is 0 Å². The molecule has 0 aromatic heterocycles. The van der Waals surface area contributed by atoms with E-state index >= 15 is 0 Å². The molecule has 2 saturated carbocycles. The molecule has 1 nitrogen and oxygen atoms in total. The van der Waals surface area contributed by atoms with E-state index in [1.807, 2.05) is 6.92 Å². The van der Waals surface area contributed by atoms with E-state index in [0.29, 0.717) is 17.6 Å². The largest absolute Gasteiger partial charge is 0.299 e.